The van der Waals surface area contributed by atoms with Crippen molar-refractivity contribution in [3.63, 3.8) is 0 Å². The largest absolute Gasteiger partial charge is 0.388 e. The molecule has 0 amide bonds. The van der Waals surface area contributed by atoms with Crippen molar-refractivity contribution in [3.05, 3.63) is 59.7 Å². The maximum Gasteiger partial charge on any atom is 0.124 e. The average molecular weight is 275 g/mol. The van der Waals surface area contributed by atoms with Crippen molar-refractivity contribution in [1.82, 2.24) is 4.98 Å². The van der Waals surface area contributed by atoms with Crippen LogP contribution in [0.25, 0.3) is 0 Å². The van der Waals surface area contributed by atoms with E-state index in [1.807, 2.05) is 19.1 Å². The van der Waals surface area contributed by atoms with Crippen LogP contribution in [0.3, 0.4) is 0 Å². The smallest absolute Gasteiger partial charge is 0.124 e. The summed E-state index contributed by atoms with van der Waals surface area (Å²) in [6.07, 6.45) is 1.63. The Morgan fingerprint density at radius 3 is 2.84 bits per heavy atom. The highest BCUT2D eigenvalue weighted by molar-refractivity contribution is 7.80. The molecule has 2 rings (SSSR count). The highest BCUT2D eigenvalue weighted by Gasteiger charge is 2.10. The lowest BCUT2D eigenvalue weighted by atomic mass is 10.1. The number of rotatable bonds is 4. The van der Waals surface area contributed by atoms with Crippen LogP contribution in [0.15, 0.2) is 42.6 Å². The van der Waals surface area contributed by atoms with E-state index in [0.717, 1.165) is 11.3 Å². The first-order valence-corrected chi connectivity index (χ1v) is 6.25. The number of anilines is 1. The minimum Gasteiger partial charge on any atom is -0.388 e. The van der Waals surface area contributed by atoms with Gasteiger partial charge in [-0.1, -0.05) is 24.4 Å². The third-order valence-electron chi connectivity index (χ3n) is 2.76. The van der Waals surface area contributed by atoms with Gasteiger partial charge in [-0.25, -0.2) is 4.39 Å². The third-order valence-corrected chi connectivity index (χ3v) is 2.96. The fourth-order valence-corrected chi connectivity index (χ4v) is 1.97. The molecule has 0 saturated heterocycles. The predicted molar refractivity (Wildman–Crippen MR) is 78.6 cm³/mol. The summed E-state index contributed by atoms with van der Waals surface area (Å²) in [7, 11) is 0. The molecule has 1 unspecified atom stereocenters. The SMILES string of the molecule is CC(Nc1cccnc1C(N)=S)c1cccc(F)c1. The molecule has 3 N–H and O–H groups in total. The number of halogens is 1. The van der Waals surface area contributed by atoms with Gasteiger partial charge in [-0.3, -0.25) is 4.98 Å². The molecule has 0 aliphatic heterocycles. The number of hydrogen-bond donors (Lipinski definition) is 2. The molecule has 1 aromatic carbocycles. The highest BCUT2D eigenvalue weighted by atomic mass is 32.1. The van der Waals surface area contributed by atoms with Gasteiger partial charge >= 0.3 is 0 Å². The van der Waals surface area contributed by atoms with Crippen molar-refractivity contribution < 1.29 is 4.39 Å². The maximum atomic E-state index is 13.2. The van der Waals surface area contributed by atoms with E-state index in [1.165, 1.54) is 12.1 Å². The predicted octanol–water partition coefficient (Wildman–Crippen LogP) is 3.03. The van der Waals surface area contributed by atoms with Gasteiger partial charge in [0.15, 0.2) is 0 Å². The zero-order chi connectivity index (χ0) is 13.8. The summed E-state index contributed by atoms with van der Waals surface area (Å²) in [5.74, 6) is -0.257. The van der Waals surface area contributed by atoms with E-state index < -0.39 is 0 Å². The number of aromatic nitrogens is 1. The number of nitrogens with two attached hydrogens (primary N) is 1. The van der Waals surface area contributed by atoms with Crippen LogP contribution in [0.1, 0.15) is 24.2 Å². The molecule has 0 aliphatic carbocycles. The number of nitrogens with zero attached hydrogens (tertiary/aromatic N) is 1. The molecule has 0 saturated carbocycles. The highest BCUT2D eigenvalue weighted by Crippen LogP contribution is 2.21. The molecule has 0 spiro atoms. The fourth-order valence-electron chi connectivity index (χ4n) is 1.81. The van der Waals surface area contributed by atoms with Crippen molar-refractivity contribution >= 4 is 22.9 Å². The van der Waals surface area contributed by atoms with Crippen LogP contribution in [0.2, 0.25) is 0 Å². The number of nitrogens with one attached hydrogen (secondary N) is 1. The fraction of sp³-hybridized carbons (Fsp3) is 0.143. The van der Waals surface area contributed by atoms with Crippen molar-refractivity contribution in [2.24, 2.45) is 5.73 Å². The number of benzene rings is 1. The Labute approximate surface area is 116 Å². The standard InChI is InChI=1S/C14H14FN3S/c1-9(10-4-2-5-11(15)8-10)18-12-6-3-7-17-13(12)14(16)19/h2-9,18H,1H3,(H2,16,19). The Bertz CT molecular complexity index is 601. The minimum atomic E-state index is -0.257. The number of hydrogen-bond acceptors (Lipinski definition) is 3. The normalized spacial score (nSPS) is 11.9. The van der Waals surface area contributed by atoms with E-state index in [-0.39, 0.29) is 16.8 Å². The van der Waals surface area contributed by atoms with Gasteiger partial charge in [-0.05, 0) is 36.8 Å². The lowest BCUT2D eigenvalue weighted by molar-refractivity contribution is 0.623. The van der Waals surface area contributed by atoms with E-state index >= 15 is 0 Å². The topological polar surface area (TPSA) is 50.9 Å². The molecule has 1 atom stereocenters. The van der Waals surface area contributed by atoms with E-state index in [2.05, 4.69) is 10.3 Å². The van der Waals surface area contributed by atoms with Crippen molar-refractivity contribution in [3.8, 4) is 0 Å². The van der Waals surface area contributed by atoms with Crippen LogP contribution in [-0.4, -0.2) is 9.97 Å². The van der Waals surface area contributed by atoms with Crippen LogP contribution in [0.4, 0.5) is 10.1 Å². The summed E-state index contributed by atoms with van der Waals surface area (Å²) < 4.78 is 13.2. The summed E-state index contributed by atoms with van der Waals surface area (Å²) in [6.45, 7) is 1.94. The van der Waals surface area contributed by atoms with Crippen LogP contribution in [0, 0.1) is 5.82 Å². The lowest BCUT2D eigenvalue weighted by Crippen LogP contribution is -2.16. The Balaban J connectivity index is 2.24. The zero-order valence-electron chi connectivity index (χ0n) is 10.4. The van der Waals surface area contributed by atoms with E-state index in [4.69, 9.17) is 18.0 Å². The van der Waals surface area contributed by atoms with Crippen molar-refractivity contribution in [2.75, 3.05) is 5.32 Å². The maximum absolute atomic E-state index is 13.2. The van der Waals surface area contributed by atoms with Gasteiger partial charge in [0.2, 0.25) is 0 Å². The Morgan fingerprint density at radius 2 is 2.16 bits per heavy atom. The second kappa shape index (κ2) is 5.75. The van der Waals surface area contributed by atoms with Crippen LogP contribution < -0.4 is 11.1 Å². The second-order valence-electron chi connectivity index (χ2n) is 4.18. The molecule has 98 valence electrons. The summed E-state index contributed by atoms with van der Waals surface area (Å²) in [5, 5.41) is 3.24. The molecule has 5 heteroatoms. The van der Waals surface area contributed by atoms with Crippen molar-refractivity contribution in [1.29, 1.82) is 0 Å². The van der Waals surface area contributed by atoms with Gasteiger partial charge in [0.1, 0.15) is 16.5 Å². The average Bonchev–Trinajstić information content (AvgIpc) is 2.39. The molecule has 0 bridgehead atoms. The van der Waals surface area contributed by atoms with Gasteiger partial charge in [0, 0.05) is 12.2 Å². The van der Waals surface area contributed by atoms with Crippen LogP contribution in [0.5, 0.6) is 0 Å². The molecule has 2 aromatic rings. The van der Waals surface area contributed by atoms with Crippen molar-refractivity contribution in [2.45, 2.75) is 13.0 Å². The summed E-state index contributed by atoms with van der Waals surface area (Å²) in [6, 6.07) is 10.0. The summed E-state index contributed by atoms with van der Waals surface area (Å²) >= 11 is 4.96. The second-order valence-corrected chi connectivity index (χ2v) is 4.62. The van der Waals surface area contributed by atoms with E-state index in [0.29, 0.717) is 5.69 Å². The monoisotopic (exact) mass is 275 g/mol. The van der Waals surface area contributed by atoms with Gasteiger partial charge in [-0.2, -0.15) is 0 Å². The first-order valence-electron chi connectivity index (χ1n) is 5.84. The Morgan fingerprint density at radius 1 is 1.37 bits per heavy atom. The molecule has 19 heavy (non-hydrogen) atoms. The number of thiocarbonyl (C=S) groups is 1. The van der Waals surface area contributed by atoms with Gasteiger partial charge in [0.05, 0.1) is 5.69 Å². The minimum absolute atomic E-state index is 0.0759. The first kappa shape index (κ1) is 13.4. The summed E-state index contributed by atoms with van der Waals surface area (Å²) in [5.41, 5.74) is 7.75. The van der Waals surface area contributed by atoms with Gasteiger partial charge < -0.3 is 11.1 Å². The molecule has 1 aromatic heterocycles. The first-order chi connectivity index (χ1) is 9.08. The van der Waals surface area contributed by atoms with Gasteiger partial charge in [0.25, 0.3) is 0 Å². The molecule has 0 radical (unpaired) electrons. The molecule has 1 heterocycles. The quantitative estimate of drug-likeness (QED) is 0.842. The molecule has 0 aliphatic rings. The molecule has 3 nitrogen and oxygen atoms in total. The van der Waals surface area contributed by atoms with E-state index in [1.54, 1.807) is 18.3 Å². The molecule has 0 fully saturated rings. The van der Waals surface area contributed by atoms with Gasteiger partial charge in [-0.15, -0.1) is 0 Å². The summed E-state index contributed by atoms with van der Waals surface area (Å²) in [4.78, 5) is 4.37. The zero-order valence-corrected chi connectivity index (χ0v) is 11.2. The van der Waals surface area contributed by atoms with Crippen LogP contribution >= 0.6 is 12.2 Å². The molecular weight excluding hydrogens is 261 g/mol. The third kappa shape index (κ3) is 3.26. The Kier molecular flexibility index (Phi) is 4.06. The van der Waals surface area contributed by atoms with E-state index in [9.17, 15) is 4.39 Å². The van der Waals surface area contributed by atoms with Crippen LogP contribution in [-0.2, 0) is 0 Å². The molecular formula is C14H14FN3S. The Hall–Kier alpha value is -2.01. The number of pyridine rings is 1. The lowest BCUT2D eigenvalue weighted by Gasteiger charge is -2.17.